The van der Waals surface area contributed by atoms with Crippen molar-refractivity contribution < 1.29 is 4.79 Å². The van der Waals surface area contributed by atoms with Crippen LogP contribution in [0, 0.1) is 5.92 Å². The molecular weight excluding hydrogens is 164 g/mol. The van der Waals surface area contributed by atoms with Crippen molar-refractivity contribution in [3.8, 4) is 0 Å². The standard InChI is InChI=1S/C10H20N2O/c1-7(2)6-12(9-4-5-9)8(3)10(11)13/h7-9H,4-6H2,1-3H3,(H2,11,13). The van der Waals surface area contributed by atoms with E-state index in [0.29, 0.717) is 12.0 Å². The van der Waals surface area contributed by atoms with Crippen molar-refractivity contribution in [1.29, 1.82) is 0 Å². The lowest BCUT2D eigenvalue weighted by Gasteiger charge is -2.28. The number of rotatable bonds is 5. The minimum absolute atomic E-state index is 0.102. The largest absolute Gasteiger partial charge is 0.368 e. The van der Waals surface area contributed by atoms with Gasteiger partial charge in [-0.2, -0.15) is 0 Å². The molecule has 3 heteroatoms. The monoisotopic (exact) mass is 184 g/mol. The topological polar surface area (TPSA) is 46.3 Å². The molecule has 0 aliphatic heterocycles. The van der Waals surface area contributed by atoms with E-state index in [1.54, 1.807) is 0 Å². The highest BCUT2D eigenvalue weighted by Gasteiger charge is 2.34. The molecule has 1 unspecified atom stereocenters. The van der Waals surface area contributed by atoms with Gasteiger partial charge in [-0.25, -0.2) is 0 Å². The second kappa shape index (κ2) is 4.09. The first kappa shape index (κ1) is 10.5. The van der Waals surface area contributed by atoms with Gasteiger partial charge in [0.05, 0.1) is 6.04 Å². The first-order chi connectivity index (χ1) is 6.02. The third kappa shape index (κ3) is 2.99. The molecule has 1 saturated carbocycles. The Labute approximate surface area is 80.3 Å². The van der Waals surface area contributed by atoms with Crippen molar-refractivity contribution in [2.75, 3.05) is 6.54 Å². The van der Waals surface area contributed by atoms with Crippen LogP contribution in [0.2, 0.25) is 0 Å². The number of primary amides is 1. The Hall–Kier alpha value is -0.570. The van der Waals surface area contributed by atoms with E-state index in [4.69, 9.17) is 5.73 Å². The van der Waals surface area contributed by atoms with E-state index in [-0.39, 0.29) is 11.9 Å². The zero-order chi connectivity index (χ0) is 10.0. The van der Waals surface area contributed by atoms with Crippen LogP contribution in [0.3, 0.4) is 0 Å². The maximum absolute atomic E-state index is 11.0. The molecule has 13 heavy (non-hydrogen) atoms. The summed E-state index contributed by atoms with van der Waals surface area (Å²) in [6, 6.07) is 0.514. The summed E-state index contributed by atoms with van der Waals surface area (Å²) in [4.78, 5) is 13.3. The Morgan fingerprint density at radius 2 is 2.00 bits per heavy atom. The maximum atomic E-state index is 11.0. The molecule has 0 aromatic rings. The molecule has 0 heterocycles. The molecule has 0 radical (unpaired) electrons. The van der Waals surface area contributed by atoms with Gasteiger partial charge in [0, 0.05) is 12.6 Å². The highest BCUT2D eigenvalue weighted by Crippen LogP contribution is 2.29. The average Bonchev–Trinajstić information content (AvgIpc) is 2.80. The van der Waals surface area contributed by atoms with Crippen LogP contribution in [-0.2, 0) is 4.79 Å². The summed E-state index contributed by atoms with van der Waals surface area (Å²) < 4.78 is 0. The maximum Gasteiger partial charge on any atom is 0.234 e. The van der Waals surface area contributed by atoms with Crippen LogP contribution in [0.25, 0.3) is 0 Å². The molecule has 0 saturated heterocycles. The highest BCUT2D eigenvalue weighted by atomic mass is 16.1. The van der Waals surface area contributed by atoms with Crippen LogP contribution in [0.4, 0.5) is 0 Å². The molecule has 1 fully saturated rings. The van der Waals surface area contributed by atoms with Gasteiger partial charge in [0.1, 0.15) is 0 Å². The first-order valence-electron chi connectivity index (χ1n) is 5.07. The third-order valence-corrected chi connectivity index (χ3v) is 2.50. The van der Waals surface area contributed by atoms with Crippen LogP contribution in [0.5, 0.6) is 0 Å². The Kier molecular flexibility index (Phi) is 3.31. The van der Waals surface area contributed by atoms with E-state index in [9.17, 15) is 4.79 Å². The fourth-order valence-electron chi connectivity index (χ4n) is 1.61. The zero-order valence-corrected chi connectivity index (χ0v) is 8.79. The second-order valence-electron chi connectivity index (χ2n) is 4.40. The number of amides is 1. The molecule has 1 atom stereocenters. The number of carbonyl (C=O) groups excluding carboxylic acids is 1. The average molecular weight is 184 g/mol. The summed E-state index contributed by atoms with van der Waals surface area (Å²) in [5.74, 6) is 0.398. The van der Waals surface area contributed by atoms with Crippen molar-refractivity contribution in [2.24, 2.45) is 11.7 Å². The van der Waals surface area contributed by atoms with Crippen LogP contribution in [0.1, 0.15) is 33.6 Å². The SMILES string of the molecule is CC(C)CN(C1CC1)C(C)C(N)=O. The fourth-order valence-corrected chi connectivity index (χ4v) is 1.61. The summed E-state index contributed by atoms with van der Waals surface area (Å²) in [5.41, 5.74) is 5.30. The molecule has 1 aliphatic rings. The molecule has 0 bridgehead atoms. The minimum atomic E-state index is -0.201. The van der Waals surface area contributed by atoms with E-state index >= 15 is 0 Å². The first-order valence-corrected chi connectivity index (χ1v) is 5.07. The van der Waals surface area contributed by atoms with Gasteiger partial charge in [-0.15, -0.1) is 0 Å². The number of hydrogen-bond donors (Lipinski definition) is 1. The Balaban J connectivity index is 2.50. The van der Waals surface area contributed by atoms with Gasteiger partial charge in [-0.3, -0.25) is 9.69 Å². The number of nitrogens with zero attached hydrogens (tertiary/aromatic N) is 1. The molecule has 0 spiro atoms. The molecule has 1 rings (SSSR count). The lowest BCUT2D eigenvalue weighted by atomic mass is 10.1. The van der Waals surface area contributed by atoms with Crippen molar-refractivity contribution in [3.05, 3.63) is 0 Å². The molecule has 2 N–H and O–H groups in total. The van der Waals surface area contributed by atoms with Gasteiger partial charge in [0.15, 0.2) is 0 Å². The van der Waals surface area contributed by atoms with E-state index in [1.807, 2.05) is 6.92 Å². The van der Waals surface area contributed by atoms with Crippen molar-refractivity contribution >= 4 is 5.91 Å². The van der Waals surface area contributed by atoms with Gasteiger partial charge in [-0.05, 0) is 25.7 Å². The molecule has 0 aromatic heterocycles. The highest BCUT2D eigenvalue weighted by molar-refractivity contribution is 5.79. The normalized spacial score (nSPS) is 19.5. The van der Waals surface area contributed by atoms with E-state index < -0.39 is 0 Å². The summed E-state index contributed by atoms with van der Waals surface area (Å²) in [6.45, 7) is 7.23. The van der Waals surface area contributed by atoms with Gasteiger partial charge >= 0.3 is 0 Å². The van der Waals surface area contributed by atoms with Crippen LogP contribution >= 0.6 is 0 Å². The fraction of sp³-hybridized carbons (Fsp3) is 0.900. The lowest BCUT2D eigenvalue weighted by molar-refractivity contribution is -0.123. The molecule has 0 aromatic carbocycles. The predicted molar refractivity (Wildman–Crippen MR) is 53.2 cm³/mol. The summed E-state index contributed by atoms with van der Waals surface area (Å²) >= 11 is 0. The Morgan fingerprint density at radius 1 is 1.46 bits per heavy atom. The smallest absolute Gasteiger partial charge is 0.234 e. The lowest BCUT2D eigenvalue weighted by Crippen LogP contribution is -2.45. The summed E-state index contributed by atoms with van der Waals surface area (Å²) in [5, 5.41) is 0. The van der Waals surface area contributed by atoms with E-state index in [2.05, 4.69) is 18.7 Å². The third-order valence-electron chi connectivity index (χ3n) is 2.50. The van der Waals surface area contributed by atoms with Crippen LogP contribution in [0.15, 0.2) is 0 Å². The van der Waals surface area contributed by atoms with Crippen molar-refractivity contribution in [1.82, 2.24) is 4.90 Å². The molecular formula is C10H20N2O. The number of hydrogen-bond acceptors (Lipinski definition) is 2. The molecule has 3 nitrogen and oxygen atoms in total. The van der Waals surface area contributed by atoms with Crippen molar-refractivity contribution in [2.45, 2.75) is 45.7 Å². The summed E-state index contributed by atoms with van der Waals surface area (Å²) in [7, 11) is 0. The van der Waals surface area contributed by atoms with Crippen LogP contribution < -0.4 is 5.73 Å². The zero-order valence-electron chi connectivity index (χ0n) is 8.79. The van der Waals surface area contributed by atoms with Gasteiger partial charge in [-0.1, -0.05) is 13.8 Å². The Morgan fingerprint density at radius 3 is 2.31 bits per heavy atom. The van der Waals surface area contributed by atoms with Gasteiger partial charge < -0.3 is 5.73 Å². The quantitative estimate of drug-likeness (QED) is 0.692. The molecule has 1 amide bonds. The van der Waals surface area contributed by atoms with E-state index in [0.717, 1.165) is 6.54 Å². The molecule has 76 valence electrons. The predicted octanol–water partition coefficient (Wildman–Crippen LogP) is 0.981. The number of carbonyl (C=O) groups is 1. The number of nitrogens with two attached hydrogens (primary N) is 1. The van der Waals surface area contributed by atoms with E-state index in [1.165, 1.54) is 12.8 Å². The van der Waals surface area contributed by atoms with Crippen molar-refractivity contribution in [3.63, 3.8) is 0 Å². The Bertz CT molecular complexity index is 187. The van der Waals surface area contributed by atoms with Crippen LogP contribution in [-0.4, -0.2) is 29.4 Å². The minimum Gasteiger partial charge on any atom is -0.368 e. The van der Waals surface area contributed by atoms with Gasteiger partial charge in [0.25, 0.3) is 0 Å². The summed E-state index contributed by atoms with van der Waals surface area (Å²) in [6.07, 6.45) is 2.45. The molecule has 1 aliphatic carbocycles. The second-order valence-corrected chi connectivity index (χ2v) is 4.40. The van der Waals surface area contributed by atoms with Gasteiger partial charge in [0.2, 0.25) is 5.91 Å².